The molecule has 1 aromatic carbocycles. The second-order valence-electron chi connectivity index (χ2n) is 4.66. The van der Waals surface area contributed by atoms with Crippen LogP contribution in [0.25, 0.3) is 10.2 Å². The number of aromatic nitrogens is 2. The number of hydrogen-bond acceptors (Lipinski definition) is 5. The molecule has 106 valence electrons. The van der Waals surface area contributed by atoms with Gasteiger partial charge in [-0.1, -0.05) is 12.1 Å². The van der Waals surface area contributed by atoms with Crippen LogP contribution in [0.1, 0.15) is 20.8 Å². The second kappa shape index (κ2) is 5.14. The Balaban J connectivity index is 2.13. The van der Waals surface area contributed by atoms with E-state index in [2.05, 4.69) is 15.3 Å². The summed E-state index contributed by atoms with van der Waals surface area (Å²) in [6.45, 7) is 4.06. The number of fused-ring (bicyclic) bond motifs is 1. The van der Waals surface area contributed by atoms with E-state index in [1.54, 1.807) is 35.6 Å². The summed E-state index contributed by atoms with van der Waals surface area (Å²) in [4.78, 5) is 21.9. The maximum absolute atomic E-state index is 11.3. The van der Waals surface area contributed by atoms with Crippen LogP contribution in [-0.4, -0.2) is 21.0 Å². The Bertz CT molecular complexity index is 842. The van der Waals surface area contributed by atoms with Crippen LogP contribution in [0.3, 0.4) is 0 Å². The van der Waals surface area contributed by atoms with Gasteiger partial charge in [0.2, 0.25) is 0 Å². The first-order chi connectivity index (χ1) is 10.1. The van der Waals surface area contributed by atoms with Crippen molar-refractivity contribution in [3.05, 3.63) is 46.6 Å². The van der Waals surface area contributed by atoms with Crippen LogP contribution >= 0.6 is 11.3 Å². The van der Waals surface area contributed by atoms with Gasteiger partial charge in [0, 0.05) is 4.88 Å². The van der Waals surface area contributed by atoms with Gasteiger partial charge in [0.15, 0.2) is 0 Å². The Morgan fingerprint density at radius 2 is 2.00 bits per heavy atom. The number of benzene rings is 1. The molecule has 6 heteroatoms. The molecule has 0 atom stereocenters. The minimum absolute atomic E-state index is 0.217. The minimum atomic E-state index is -0.971. The molecule has 0 amide bonds. The van der Waals surface area contributed by atoms with E-state index in [4.69, 9.17) is 0 Å². The van der Waals surface area contributed by atoms with Crippen molar-refractivity contribution in [3.8, 4) is 0 Å². The lowest BCUT2D eigenvalue weighted by Crippen LogP contribution is -2.03. The first-order valence-electron chi connectivity index (χ1n) is 6.38. The van der Waals surface area contributed by atoms with Crippen molar-refractivity contribution in [1.82, 2.24) is 9.97 Å². The third-order valence-electron chi connectivity index (χ3n) is 3.38. The van der Waals surface area contributed by atoms with E-state index in [9.17, 15) is 9.90 Å². The second-order valence-corrected chi connectivity index (χ2v) is 5.86. The summed E-state index contributed by atoms with van der Waals surface area (Å²) in [5, 5.41) is 13.3. The smallest absolute Gasteiger partial charge is 0.337 e. The van der Waals surface area contributed by atoms with Crippen molar-refractivity contribution >= 4 is 39.0 Å². The lowest BCUT2D eigenvalue weighted by atomic mass is 10.1. The van der Waals surface area contributed by atoms with Gasteiger partial charge in [-0.3, -0.25) is 0 Å². The predicted octanol–water partition coefficient (Wildman–Crippen LogP) is 3.75. The molecule has 0 bridgehead atoms. The molecular formula is C15H13N3O2S. The molecule has 0 aliphatic rings. The number of para-hydroxylation sites is 1. The summed E-state index contributed by atoms with van der Waals surface area (Å²) in [7, 11) is 0. The number of nitrogens with one attached hydrogen (secondary N) is 1. The van der Waals surface area contributed by atoms with Gasteiger partial charge in [0.25, 0.3) is 0 Å². The SMILES string of the molecule is Cc1sc2ncnc(Nc3ccccc3C(=O)O)c2c1C. The molecule has 0 unspecified atom stereocenters. The molecule has 2 aromatic heterocycles. The summed E-state index contributed by atoms with van der Waals surface area (Å²) >= 11 is 1.61. The average molecular weight is 299 g/mol. The van der Waals surface area contributed by atoms with Crippen molar-refractivity contribution in [2.45, 2.75) is 13.8 Å². The van der Waals surface area contributed by atoms with Crippen molar-refractivity contribution in [3.63, 3.8) is 0 Å². The number of carboxylic acid groups (broad SMARTS) is 1. The standard InChI is InChI=1S/C15H13N3O2S/c1-8-9(2)21-14-12(8)13(16-7-17-14)18-11-6-4-3-5-10(11)15(19)20/h3-7H,1-2H3,(H,19,20)(H,16,17,18). The summed E-state index contributed by atoms with van der Waals surface area (Å²) < 4.78 is 0. The number of aryl methyl sites for hydroxylation is 2. The van der Waals surface area contributed by atoms with Crippen molar-refractivity contribution in [1.29, 1.82) is 0 Å². The molecule has 3 aromatic rings. The molecule has 5 nitrogen and oxygen atoms in total. The molecule has 0 aliphatic carbocycles. The lowest BCUT2D eigenvalue weighted by Gasteiger charge is -2.09. The van der Waals surface area contributed by atoms with Gasteiger partial charge in [-0.15, -0.1) is 11.3 Å². The third-order valence-corrected chi connectivity index (χ3v) is 4.49. The van der Waals surface area contributed by atoms with Crippen LogP contribution in [0.15, 0.2) is 30.6 Å². The highest BCUT2D eigenvalue weighted by atomic mass is 32.1. The summed E-state index contributed by atoms with van der Waals surface area (Å²) in [6, 6.07) is 6.78. The van der Waals surface area contributed by atoms with Gasteiger partial charge in [-0.2, -0.15) is 0 Å². The first kappa shape index (κ1) is 13.5. The van der Waals surface area contributed by atoms with Crippen LogP contribution in [0.5, 0.6) is 0 Å². The molecule has 3 rings (SSSR count). The van der Waals surface area contributed by atoms with Gasteiger partial charge in [0.05, 0.1) is 16.6 Å². The minimum Gasteiger partial charge on any atom is -0.478 e. The Hall–Kier alpha value is -2.47. The maximum Gasteiger partial charge on any atom is 0.337 e. The fourth-order valence-electron chi connectivity index (χ4n) is 2.18. The van der Waals surface area contributed by atoms with E-state index in [1.165, 1.54) is 11.2 Å². The Kier molecular flexibility index (Phi) is 3.31. The topological polar surface area (TPSA) is 75.1 Å². The molecule has 21 heavy (non-hydrogen) atoms. The maximum atomic E-state index is 11.3. The van der Waals surface area contributed by atoms with Gasteiger partial charge in [-0.05, 0) is 31.5 Å². The lowest BCUT2D eigenvalue weighted by molar-refractivity contribution is 0.0698. The fraction of sp³-hybridized carbons (Fsp3) is 0.133. The van der Waals surface area contributed by atoms with Crippen molar-refractivity contribution < 1.29 is 9.90 Å². The zero-order chi connectivity index (χ0) is 15.0. The highest BCUT2D eigenvalue weighted by Crippen LogP contribution is 2.34. The van der Waals surface area contributed by atoms with Crippen molar-refractivity contribution in [2.75, 3.05) is 5.32 Å². The molecule has 2 heterocycles. The quantitative estimate of drug-likeness (QED) is 0.770. The van der Waals surface area contributed by atoms with Crippen LogP contribution in [0.4, 0.5) is 11.5 Å². The molecule has 2 N–H and O–H groups in total. The predicted molar refractivity (Wildman–Crippen MR) is 83.6 cm³/mol. The van der Waals surface area contributed by atoms with E-state index < -0.39 is 5.97 Å². The van der Waals surface area contributed by atoms with Gasteiger partial charge in [-0.25, -0.2) is 14.8 Å². The van der Waals surface area contributed by atoms with E-state index in [0.717, 1.165) is 15.8 Å². The molecule has 0 fully saturated rings. The zero-order valence-corrected chi connectivity index (χ0v) is 12.4. The van der Waals surface area contributed by atoms with Gasteiger partial charge >= 0.3 is 5.97 Å². The number of anilines is 2. The van der Waals surface area contributed by atoms with E-state index in [-0.39, 0.29) is 5.56 Å². The number of nitrogens with zero attached hydrogens (tertiary/aromatic N) is 2. The number of rotatable bonds is 3. The Morgan fingerprint density at radius 3 is 2.76 bits per heavy atom. The monoisotopic (exact) mass is 299 g/mol. The van der Waals surface area contributed by atoms with Crippen LogP contribution < -0.4 is 5.32 Å². The van der Waals surface area contributed by atoms with E-state index in [1.807, 2.05) is 13.8 Å². The summed E-state index contributed by atoms with van der Waals surface area (Å²) in [6.07, 6.45) is 1.49. The number of thiophene rings is 1. The van der Waals surface area contributed by atoms with E-state index in [0.29, 0.717) is 11.5 Å². The molecule has 0 spiro atoms. The molecule has 0 aliphatic heterocycles. The Labute approximate surface area is 125 Å². The normalized spacial score (nSPS) is 10.8. The van der Waals surface area contributed by atoms with Gasteiger partial charge < -0.3 is 10.4 Å². The van der Waals surface area contributed by atoms with Gasteiger partial charge in [0.1, 0.15) is 17.0 Å². The highest BCUT2D eigenvalue weighted by molar-refractivity contribution is 7.18. The number of hydrogen-bond donors (Lipinski definition) is 2. The number of carboxylic acids is 1. The summed E-state index contributed by atoms with van der Waals surface area (Å²) in [5.74, 6) is -0.336. The first-order valence-corrected chi connectivity index (χ1v) is 7.19. The summed E-state index contributed by atoms with van der Waals surface area (Å²) in [5.41, 5.74) is 1.85. The molecular weight excluding hydrogens is 286 g/mol. The average Bonchev–Trinajstić information content (AvgIpc) is 2.75. The zero-order valence-electron chi connectivity index (χ0n) is 11.5. The largest absolute Gasteiger partial charge is 0.478 e. The molecule has 0 saturated heterocycles. The van der Waals surface area contributed by atoms with E-state index >= 15 is 0 Å². The molecule has 0 saturated carbocycles. The number of carbonyl (C=O) groups is 1. The van der Waals surface area contributed by atoms with Crippen LogP contribution in [0.2, 0.25) is 0 Å². The number of aromatic carboxylic acids is 1. The van der Waals surface area contributed by atoms with Crippen LogP contribution in [-0.2, 0) is 0 Å². The molecule has 0 radical (unpaired) electrons. The highest BCUT2D eigenvalue weighted by Gasteiger charge is 2.14. The Morgan fingerprint density at radius 1 is 1.24 bits per heavy atom. The van der Waals surface area contributed by atoms with Crippen LogP contribution in [0, 0.1) is 13.8 Å². The third kappa shape index (κ3) is 2.34. The fourth-order valence-corrected chi connectivity index (χ4v) is 3.18. The van der Waals surface area contributed by atoms with Crippen molar-refractivity contribution in [2.24, 2.45) is 0 Å².